The highest BCUT2D eigenvalue weighted by Crippen LogP contribution is 2.33. The number of pyridine rings is 1. The van der Waals surface area contributed by atoms with Gasteiger partial charge >= 0.3 is 0 Å². The van der Waals surface area contributed by atoms with E-state index in [9.17, 15) is 8.42 Å². The van der Waals surface area contributed by atoms with Crippen LogP contribution in [0.15, 0.2) is 41.4 Å². The SMILES string of the molecule is CN(C)c1ccc(S(=O)(=O)Nc2ccc3c(c2)N(C)CCO3)cn1. The molecule has 0 saturated heterocycles. The first-order valence-electron chi connectivity index (χ1n) is 7.51. The molecular formula is C16H20N4O3S. The van der Waals surface area contributed by atoms with E-state index in [1.807, 2.05) is 30.9 Å². The van der Waals surface area contributed by atoms with Crippen molar-refractivity contribution in [3.05, 3.63) is 36.5 Å². The van der Waals surface area contributed by atoms with E-state index in [4.69, 9.17) is 4.74 Å². The number of fused-ring (bicyclic) bond motifs is 1. The first-order valence-corrected chi connectivity index (χ1v) is 8.99. The molecule has 0 spiro atoms. The molecule has 1 aromatic carbocycles. The van der Waals surface area contributed by atoms with Crippen LogP contribution < -0.4 is 19.3 Å². The van der Waals surface area contributed by atoms with Crippen molar-refractivity contribution >= 4 is 27.2 Å². The van der Waals surface area contributed by atoms with Crippen LogP contribution in [0.4, 0.5) is 17.2 Å². The third-order valence-electron chi connectivity index (χ3n) is 3.80. The molecule has 3 rings (SSSR count). The van der Waals surface area contributed by atoms with Crippen molar-refractivity contribution in [1.82, 2.24) is 4.98 Å². The Balaban J connectivity index is 1.85. The van der Waals surface area contributed by atoms with Crippen molar-refractivity contribution in [2.75, 3.05) is 48.8 Å². The average molecular weight is 348 g/mol. The molecule has 0 bridgehead atoms. The molecule has 0 amide bonds. The molecule has 0 saturated carbocycles. The predicted molar refractivity (Wildman–Crippen MR) is 94.6 cm³/mol. The van der Waals surface area contributed by atoms with Crippen molar-refractivity contribution in [2.24, 2.45) is 0 Å². The fourth-order valence-electron chi connectivity index (χ4n) is 2.42. The summed E-state index contributed by atoms with van der Waals surface area (Å²) in [5.74, 6) is 1.45. The number of aromatic nitrogens is 1. The summed E-state index contributed by atoms with van der Waals surface area (Å²) in [4.78, 5) is 8.11. The normalized spacial score (nSPS) is 13.9. The van der Waals surface area contributed by atoms with Gasteiger partial charge in [-0.05, 0) is 30.3 Å². The lowest BCUT2D eigenvalue weighted by Gasteiger charge is -2.28. The van der Waals surface area contributed by atoms with Gasteiger partial charge in [-0.15, -0.1) is 0 Å². The van der Waals surface area contributed by atoms with E-state index in [0.717, 1.165) is 18.0 Å². The summed E-state index contributed by atoms with van der Waals surface area (Å²) in [5, 5.41) is 0. The molecule has 8 heteroatoms. The van der Waals surface area contributed by atoms with E-state index in [2.05, 4.69) is 9.71 Å². The molecule has 2 aromatic rings. The summed E-state index contributed by atoms with van der Waals surface area (Å²) in [7, 11) is 1.95. The molecule has 128 valence electrons. The minimum Gasteiger partial charge on any atom is -0.490 e. The maximum atomic E-state index is 12.5. The Labute approximate surface area is 141 Å². The fourth-order valence-corrected chi connectivity index (χ4v) is 3.42. The largest absolute Gasteiger partial charge is 0.490 e. The van der Waals surface area contributed by atoms with Crippen LogP contribution in [0.1, 0.15) is 0 Å². The maximum Gasteiger partial charge on any atom is 0.263 e. The Hall–Kier alpha value is -2.48. The summed E-state index contributed by atoms with van der Waals surface area (Å²) in [5.41, 5.74) is 1.35. The highest BCUT2D eigenvalue weighted by atomic mass is 32.2. The summed E-state index contributed by atoms with van der Waals surface area (Å²) >= 11 is 0. The summed E-state index contributed by atoms with van der Waals surface area (Å²) in [6, 6.07) is 8.45. The zero-order chi connectivity index (χ0) is 17.3. The Bertz CT molecular complexity index is 835. The predicted octanol–water partition coefficient (Wildman–Crippen LogP) is 1.78. The van der Waals surface area contributed by atoms with Gasteiger partial charge in [-0.25, -0.2) is 13.4 Å². The fraction of sp³-hybridized carbons (Fsp3) is 0.312. The van der Waals surface area contributed by atoms with E-state index < -0.39 is 10.0 Å². The van der Waals surface area contributed by atoms with Crippen LogP contribution in [0.3, 0.4) is 0 Å². The monoisotopic (exact) mass is 348 g/mol. The summed E-state index contributed by atoms with van der Waals surface area (Å²) < 4.78 is 33.2. The lowest BCUT2D eigenvalue weighted by Crippen LogP contribution is -2.28. The van der Waals surface area contributed by atoms with Crippen LogP contribution >= 0.6 is 0 Å². The summed E-state index contributed by atoms with van der Waals surface area (Å²) in [6.45, 7) is 1.39. The molecule has 0 atom stereocenters. The minimum absolute atomic E-state index is 0.121. The summed E-state index contributed by atoms with van der Waals surface area (Å²) in [6.07, 6.45) is 1.35. The second-order valence-corrected chi connectivity index (χ2v) is 7.49. The number of ether oxygens (including phenoxy) is 1. The Morgan fingerprint density at radius 1 is 1.25 bits per heavy atom. The van der Waals surface area contributed by atoms with Crippen molar-refractivity contribution in [3.63, 3.8) is 0 Å². The number of hydrogen-bond donors (Lipinski definition) is 1. The molecule has 24 heavy (non-hydrogen) atoms. The first kappa shape index (κ1) is 16.4. The number of anilines is 3. The Morgan fingerprint density at radius 2 is 2.04 bits per heavy atom. The molecule has 1 aliphatic heterocycles. The molecule has 0 fully saturated rings. The van der Waals surface area contributed by atoms with E-state index in [1.165, 1.54) is 12.3 Å². The topological polar surface area (TPSA) is 74.8 Å². The van der Waals surface area contributed by atoms with E-state index in [-0.39, 0.29) is 4.90 Å². The molecule has 7 nitrogen and oxygen atoms in total. The molecule has 0 radical (unpaired) electrons. The van der Waals surface area contributed by atoms with Gasteiger partial charge < -0.3 is 14.5 Å². The number of sulfonamides is 1. The van der Waals surface area contributed by atoms with Gasteiger partial charge in [0, 0.05) is 27.3 Å². The second-order valence-electron chi connectivity index (χ2n) is 5.80. The van der Waals surface area contributed by atoms with Crippen molar-refractivity contribution in [2.45, 2.75) is 4.90 Å². The molecular weight excluding hydrogens is 328 g/mol. The van der Waals surface area contributed by atoms with Gasteiger partial charge in [-0.3, -0.25) is 4.72 Å². The van der Waals surface area contributed by atoms with E-state index in [1.54, 1.807) is 24.3 Å². The van der Waals surface area contributed by atoms with Crippen LogP contribution in [0.2, 0.25) is 0 Å². The number of hydrogen-bond acceptors (Lipinski definition) is 6. The van der Waals surface area contributed by atoms with E-state index >= 15 is 0 Å². The standard InChI is InChI=1S/C16H20N4O3S/c1-19(2)16-7-5-13(11-17-16)24(21,22)18-12-4-6-15-14(10-12)20(3)8-9-23-15/h4-7,10-11,18H,8-9H2,1-3H3. The number of nitrogens with zero attached hydrogens (tertiary/aromatic N) is 3. The average Bonchev–Trinajstić information content (AvgIpc) is 2.55. The number of likely N-dealkylation sites (N-methyl/N-ethyl adjacent to an activating group) is 1. The number of benzene rings is 1. The quantitative estimate of drug-likeness (QED) is 0.908. The Morgan fingerprint density at radius 3 is 2.71 bits per heavy atom. The highest BCUT2D eigenvalue weighted by Gasteiger charge is 2.19. The Kier molecular flexibility index (Phi) is 4.23. The van der Waals surface area contributed by atoms with Gasteiger partial charge in [-0.2, -0.15) is 0 Å². The third-order valence-corrected chi connectivity index (χ3v) is 5.16. The first-order chi connectivity index (χ1) is 11.4. The van der Waals surface area contributed by atoms with Crippen LogP contribution in [0.25, 0.3) is 0 Å². The molecule has 1 N–H and O–H groups in total. The smallest absolute Gasteiger partial charge is 0.263 e. The number of nitrogens with one attached hydrogen (secondary N) is 1. The molecule has 0 aliphatic carbocycles. The zero-order valence-electron chi connectivity index (χ0n) is 13.9. The molecule has 1 aliphatic rings. The second kappa shape index (κ2) is 6.20. The van der Waals surface area contributed by atoms with Crippen LogP contribution in [-0.4, -0.2) is 47.7 Å². The van der Waals surface area contributed by atoms with Crippen LogP contribution in [0, 0.1) is 0 Å². The lowest BCUT2D eigenvalue weighted by molar-refractivity contribution is 0.311. The minimum atomic E-state index is -3.69. The maximum absolute atomic E-state index is 12.5. The highest BCUT2D eigenvalue weighted by molar-refractivity contribution is 7.92. The van der Waals surface area contributed by atoms with Gasteiger partial charge in [0.25, 0.3) is 10.0 Å². The van der Waals surface area contributed by atoms with Crippen molar-refractivity contribution in [3.8, 4) is 5.75 Å². The lowest BCUT2D eigenvalue weighted by atomic mass is 10.2. The molecule has 0 unspecified atom stereocenters. The van der Waals surface area contributed by atoms with Crippen molar-refractivity contribution in [1.29, 1.82) is 0 Å². The van der Waals surface area contributed by atoms with Crippen LogP contribution in [0.5, 0.6) is 5.75 Å². The van der Waals surface area contributed by atoms with Gasteiger partial charge in [-0.1, -0.05) is 0 Å². The van der Waals surface area contributed by atoms with Gasteiger partial charge in [0.15, 0.2) is 0 Å². The van der Waals surface area contributed by atoms with Crippen LogP contribution in [-0.2, 0) is 10.0 Å². The third kappa shape index (κ3) is 3.23. The molecule has 2 heterocycles. The van der Waals surface area contributed by atoms with Gasteiger partial charge in [0.2, 0.25) is 0 Å². The molecule has 1 aromatic heterocycles. The van der Waals surface area contributed by atoms with Gasteiger partial charge in [0.1, 0.15) is 23.1 Å². The zero-order valence-corrected chi connectivity index (χ0v) is 14.7. The van der Waals surface area contributed by atoms with E-state index in [0.29, 0.717) is 18.1 Å². The number of rotatable bonds is 4. The van der Waals surface area contributed by atoms with Crippen molar-refractivity contribution < 1.29 is 13.2 Å². The van der Waals surface area contributed by atoms with Gasteiger partial charge in [0.05, 0.1) is 17.9 Å².